The molecule has 0 radical (unpaired) electrons. The van der Waals surface area contributed by atoms with Crippen LogP contribution in [0.4, 0.5) is 20.2 Å². The molecule has 0 aromatic heterocycles. The molecule has 4 rings (SSSR count). The molecule has 182 valence electrons. The quantitative estimate of drug-likeness (QED) is 0.660. The summed E-state index contributed by atoms with van der Waals surface area (Å²) in [5.74, 6) is -0.820. The van der Waals surface area contributed by atoms with Gasteiger partial charge in [0, 0.05) is 11.6 Å². The second kappa shape index (κ2) is 8.33. The first kappa shape index (κ1) is 24.1. The Balaban J connectivity index is 1.69. The molecule has 34 heavy (non-hydrogen) atoms. The first-order chi connectivity index (χ1) is 15.9. The minimum absolute atomic E-state index is 0.0275. The number of halogens is 2. The molecule has 2 aliphatic rings. The topological polar surface area (TPSA) is 92.8 Å². The number of hydrogen-bond donors (Lipinski definition) is 1. The van der Waals surface area contributed by atoms with Crippen molar-refractivity contribution in [3.63, 3.8) is 0 Å². The van der Waals surface area contributed by atoms with Crippen LogP contribution in [0.25, 0.3) is 0 Å². The summed E-state index contributed by atoms with van der Waals surface area (Å²) in [5, 5.41) is 2.84. The number of ether oxygens (including phenoxy) is 1. The van der Waals surface area contributed by atoms with Crippen molar-refractivity contribution in [1.29, 1.82) is 0 Å². The van der Waals surface area contributed by atoms with E-state index >= 15 is 0 Å². The second-order valence-corrected chi connectivity index (χ2v) is 11.5. The number of rotatable bonds is 6. The SMILES string of the molecule is CCC1(C)C(=O)N(c2cccc(OC(F)F)c2)c2ccc(C(=O)N[C@@]3(C)CCS(=O)(=O)C3)cc21. The fourth-order valence-corrected chi connectivity index (χ4v) is 6.73. The molecule has 0 saturated carbocycles. The van der Waals surface area contributed by atoms with Gasteiger partial charge in [0.15, 0.2) is 9.84 Å². The molecule has 7 nitrogen and oxygen atoms in total. The van der Waals surface area contributed by atoms with Crippen molar-refractivity contribution in [3.05, 3.63) is 53.6 Å². The van der Waals surface area contributed by atoms with Crippen molar-refractivity contribution in [2.24, 2.45) is 0 Å². The molecule has 2 aromatic carbocycles. The molecule has 0 spiro atoms. The van der Waals surface area contributed by atoms with E-state index in [0.29, 0.717) is 35.3 Å². The Morgan fingerprint density at radius 2 is 1.94 bits per heavy atom. The molecule has 2 amide bonds. The molecule has 1 unspecified atom stereocenters. The Morgan fingerprint density at radius 3 is 2.56 bits per heavy atom. The molecule has 2 aliphatic heterocycles. The number of carbonyl (C=O) groups is 2. The molecule has 1 N–H and O–H groups in total. The molecule has 0 aliphatic carbocycles. The Kier molecular flexibility index (Phi) is 5.91. The molecular weight excluding hydrogens is 466 g/mol. The summed E-state index contributed by atoms with van der Waals surface area (Å²) in [4.78, 5) is 28.0. The van der Waals surface area contributed by atoms with Crippen molar-refractivity contribution >= 4 is 33.0 Å². The average Bonchev–Trinajstić information content (AvgIpc) is 3.17. The smallest absolute Gasteiger partial charge is 0.387 e. The lowest BCUT2D eigenvalue weighted by atomic mass is 9.80. The normalized spacial score (nSPS) is 25.5. The highest BCUT2D eigenvalue weighted by Crippen LogP contribution is 2.48. The highest BCUT2D eigenvalue weighted by molar-refractivity contribution is 7.91. The number of sulfone groups is 1. The number of anilines is 2. The summed E-state index contributed by atoms with van der Waals surface area (Å²) >= 11 is 0. The molecule has 2 aromatic rings. The number of hydrogen-bond acceptors (Lipinski definition) is 5. The molecule has 0 bridgehead atoms. The van der Waals surface area contributed by atoms with Crippen molar-refractivity contribution in [3.8, 4) is 5.75 Å². The van der Waals surface area contributed by atoms with Gasteiger partial charge in [-0.05, 0) is 62.6 Å². The zero-order valence-corrected chi connectivity index (χ0v) is 19.9. The summed E-state index contributed by atoms with van der Waals surface area (Å²) in [5.41, 5.74) is 0.0875. The summed E-state index contributed by atoms with van der Waals surface area (Å²) in [7, 11) is -3.19. The van der Waals surface area contributed by atoms with Gasteiger partial charge in [-0.2, -0.15) is 8.78 Å². The number of nitrogens with zero attached hydrogens (tertiary/aromatic N) is 1. The van der Waals surface area contributed by atoms with Crippen LogP contribution in [0.3, 0.4) is 0 Å². The lowest BCUT2D eigenvalue weighted by Crippen LogP contribution is -2.47. The highest BCUT2D eigenvalue weighted by atomic mass is 32.2. The monoisotopic (exact) mass is 492 g/mol. The van der Waals surface area contributed by atoms with Gasteiger partial charge >= 0.3 is 6.61 Å². The van der Waals surface area contributed by atoms with E-state index < -0.39 is 33.3 Å². The van der Waals surface area contributed by atoms with Gasteiger partial charge < -0.3 is 10.1 Å². The Bertz CT molecular complexity index is 1270. The van der Waals surface area contributed by atoms with E-state index in [2.05, 4.69) is 10.1 Å². The standard InChI is InChI=1S/C24H26F2N2O5S/c1-4-24(3)18-12-15(20(29)27-23(2)10-11-34(31,32)14-23)8-9-19(18)28(21(24)30)16-6-5-7-17(13-16)33-22(25)26/h5-9,12-13,22H,4,10-11,14H2,1-3H3,(H,27,29)/t23-,24?/m0/s1. The van der Waals surface area contributed by atoms with E-state index in [-0.39, 0.29) is 23.2 Å². The van der Waals surface area contributed by atoms with E-state index in [4.69, 9.17) is 0 Å². The molecule has 1 saturated heterocycles. The van der Waals surface area contributed by atoms with Crippen LogP contribution in [-0.2, 0) is 20.0 Å². The molecule has 2 heterocycles. The highest BCUT2D eigenvalue weighted by Gasteiger charge is 2.47. The Morgan fingerprint density at radius 1 is 1.21 bits per heavy atom. The lowest BCUT2D eigenvalue weighted by molar-refractivity contribution is -0.122. The number of nitrogens with one attached hydrogen (secondary N) is 1. The van der Waals surface area contributed by atoms with Crippen molar-refractivity contribution in [1.82, 2.24) is 5.32 Å². The zero-order chi connectivity index (χ0) is 24.9. The minimum atomic E-state index is -3.19. The van der Waals surface area contributed by atoms with Crippen molar-refractivity contribution < 1.29 is 31.5 Å². The van der Waals surface area contributed by atoms with Crippen LogP contribution in [0, 0.1) is 0 Å². The number of carbonyl (C=O) groups excluding carboxylic acids is 2. The van der Waals surface area contributed by atoms with Gasteiger partial charge in [0.1, 0.15) is 5.75 Å². The van der Waals surface area contributed by atoms with Crippen LogP contribution < -0.4 is 15.0 Å². The Hall–Kier alpha value is -3.01. The average molecular weight is 493 g/mol. The minimum Gasteiger partial charge on any atom is -0.435 e. The van der Waals surface area contributed by atoms with Crippen molar-refractivity contribution in [2.75, 3.05) is 16.4 Å². The molecule has 1 fully saturated rings. The van der Waals surface area contributed by atoms with Gasteiger partial charge in [-0.25, -0.2) is 8.42 Å². The summed E-state index contributed by atoms with van der Waals surface area (Å²) in [6.07, 6.45) is 0.783. The predicted molar refractivity (Wildman–Crippen MR) is 123 cm³/mol. The molecule has 2 atom stereocenters. The van der Waals surface area contributed by atoms with E-state index in [9.17, 15) is 26.8 Å². The third kappa shape index (κ3) is 4.26. The van der Waals surface area contributed by atoms with Crippen LogP contribution >= 0.6 is 0 Å². The maximum absolute atomic E-state index is 13.5. The van der Waals surface area contributed by atoms with Crippen molar-refractivity contribution in [2.45, 2.75) is 51.2 Å². The van der Waals surface area contributed by atoms with Crippen LogP contribution in [0.5, 0.6) is 5.75 Å². The number of benzene rings is 2. The maximum Gasteiger partial charge on any atom is 0.387 e. The fraction of sp³-hybridized carbons (Fsp3) is 0.417. The summed E-state index contributed by atoms with van der Waals surface area (Å²) in [6.45, 7) is 2.35. The van der Waals surface area contributed by atoms with Gasteiger partial charge in [0.25, 0.3) is 5.91 Å². The van der Waals surface area contributed by atoms with E-state index in [1.165, 1.54) is 23.1 Å². The summed E-state index contributed by atoms with van der Waals surface area (Å²) < 4.78 is 53.6. The lowest BCUT2D eigenvalue weighted by Gasteiger charge is -2.24. The van der Waals surface area contributed by atoms with E-state index in [1.54, 1.807) is 38.1 Å². The Labute approximate surface area is 197 Å². The third-order valence-corrected chi connectivity index (χ3v) is 8.60. The zero-order valence-electron chi connectivity index (χ0n) is 19.1. The van der Waals surface area contributed by atoms with E-state index in [0.717, 1.165) is 0 Å². The van der Waals surface area contributed by atoms with Gasteiger partial charge in [-0.3, -0.25) is 14.5 Å². The number of alkyl halides is 2. The van der Waals surface area contributed by atoms with E-state index in [1.807, 2.05) is 6.92 Å². The van der Waals surface area contributed by atoms with Gasteiger partial charge in [0.05, 0.1) is 33.8 Å². The predicted octanol–water partition coefficient (Wildman–Crippen LogP) is 3.94. The number of amides is 2. The first-order valence-electron chi connectivity index (χ1n) is 10.9. The largest absolute Gasteiger partial charge is 0.435 e. The van der Waals surface area contributed by atoms with Crippen LogP contribution in [-0.4, -0.2) is 43.9 Å². The summed E-state index contributed by atoms with van der Waals surface area (Å²) in [6, 6.07) is 10.8. The van der Waals surface area contributed by atoms with Crippen LogP contribution in [0.2, 0.25) is 0 Å². The third-order valence-electron chi connectivity index (χ3n) is 6.70. The van der Waals surface area contributed by atoms with Gasteiger partial charge in [-0.1, -0.05) is 13.0 Å². The second-order valence-electron chi connectivity index (χ2n) is 9.29. The maximum atomic E-state index is 13.5. The molecule has 10 heteroatoms. The van der Waals surface area contributed by atoms with Crippen LogP contribution in [0.1, 0.15) is 49.5 Å². The van der Waals surface area contributed by atoms with Gasteiger partial charge in [-0.15, -0.1) is 0 Å². The molecular formula is C24H26F2N2O5S. The fourth-order valence-electron chi connectivity index (χ4n) is 4.64. The first-order valence-corrected chi connectivity index (χ1v) is 12.8. The van der Waals surface area contributed by atoms with Gasteiger partial charge in [0.2, 0.25) is 5.91 Å². The number of fused-ring (bicyclic) bond motifs is 1. The van der Waals surface area contributed by atoms with Crippen LogP contribution in [0.15, 0.2) is 42.5 Å².